The predicted octanol–water partition coefficient (Wildman–Crippen LogP) is 2.65. The molecule has 0 radical (unpaired) electrons. The standard InChI is InChI=1S/C34H52N6O6S/c1-5-6-18-39-31(42)30(23-33(44)14-8-7-9-15-33)35-32(43)34(39)16-19-38(20-17-34)24-29-25(2)36-40(26(29)3)27-10-12-28(13-11-27)47(45,46)37(4)21-22-41/h10-13,30,41,44H,5-9,14-24H2,1-4H3,(H,35,43)/t30-/m1/s1. The number of aromatic nitrogens is 2. The molecule has 3 N–H and O–H groups in total. The van der Waals surface area contributed by atoms with Crippen LogP contribution in [0.1, 0.15) is 88.1 Å². The maximum Gasteiger partial charge on any atom is 0.246 e. The van der Waals surface area contributed by atoms with Crippen molar-refractivity contribution in [2.24, 2.45) is 0 Å². The van der Waals surface area contributed by atoms with E-state index in [2.05, 4.69) is 17.1 Å². The number of nitrogens with zero attached hydrogens (tertiary/aromatic N) is 5. The van der Waals surface area contributed by atoms with Crippen LogP contribution in [0.25, 0.3) is 5.69 Å². The highest BCUT2D eigenvalue weighted by atomic mass is 32.2. The van der Waals surface area contributed by atoms with Crippen molar-refractivity contribution in [2.45, 2.75) is 114 Å². The van der Waals surface area contributed by atoms with E-state index in [-0.39, 0.29) is 36.3 Å². The second kappa shape index (κ2) is 14.3. The first-order chi connectivity index (χ1) is 22.3. The van der Waals surface area contributed by atoms with Gasteiger partial charge in [-0.1, -0.05) is 32.6 Å². The number of nitrogens with one attached hydrogen (secondary N) is 1. The molecule has 13 heteroatoms. The predicted molar refractivity (Wildman–Crippen MR) is 178 cm³/mol. The van der Waals surface area contributed by atoms with Gasteiger partial charge in [0.2, 0.25) is 21.8 Å². The molecule has 1 saturated carbocycles. The Morgan fingerprint density at radius 3 is 2.32 bits per heavy atom. The maximum atomic E-state index is 13.9. The second-order valence-corrected chi connectivity index (χ2v) is 15.8. The summed E-state index contributed by atoms with van der Waals surface area (Å²) < 4.78 is 28.5. The minimum atomic E-state index is -3.70. The van der Waals surface area contributed by atoms with Crippen LogP contribution in [-0.4, -0.2) is 111 Å². The molecule has 47 heavy (non-hydrogen) atoms. The lowest BCUT2D eigenvalue weighted by Gasteiger charge is -2.52. The summed E-state index contributed by atoms with van der Waals surface area (Å²) >= 11 is 0. The van der Waals surface area contributed by atoms with E-state index >= 15 is 0 Å². The van der Waals surface area contributed by atoms with Crippen LogP contribution in [0.5, 0.6) is 0 Å². The van der Waals surface area contributed by atoms with Crippen molar-refractivity contribution < 1.29 is 28.2 Å². The van der Waals surface area contributed by atoms with Gasteiger partial charge < -0.3 is 20.4 Å². The van der Waals surface area contributed by atoms with Crippen LogP contribution in [0.15, 0.2) is 29.2 Å². The van der Waals surface area contributed by atoms with Gasteiger partial charge in [-0.2, -0.15) is 9.40 Å². The minimum Gasteiger partial charge on any atom is -0.395 e. The number of carbonyl (C=O) groups is 2. The van der Waals surface area contributed by atoms with Crippen LogP contribution in [0.2, 0.25) is 0 Å². The average molecular weight is 673 g/mol. The van der Waals surface area contributed by atoms with Crippen LogP contribution >= 0.6 is 0 Å². The van der Waals surface area contributed by atoms with E-state index in [4.69, 9.17) is 10.2 Å². The molecule has 3 heterocycles. The van der Waals surface area contributed by atoms with Crippen LogP contribution in [0.4, 0.5) is 0 Å². The zero-order valence-electron chi connectivity index (χ0n) is 28.4. The Morgan fingerprint density at radius 2 is 1.70 bits per heavy atom. The van der Waals surface area contributed by atoms with Gasteiger partial charge in [0.05, 0.1) is 28.5 Å². The molecule has 2 amide bonds. The molecule has 1 aromatic heterocycles. The van der Waals surface area contributed by atoms with E-state index < -0.39 is 27.2 Å². The number of sulfonamides is 1. The Balaban J connectivity index is 1.28. The summed E-state index contributed by atoms with van der Waals surface area (Å²) in [6, 6.07) is 5.89. The number of amides is 2. The monoisotopic (exact) mass is 672 g/mol. The molecule has 0 bridgehead atoms. The summed E-state index contributed by atoms with van der Waals surface area (Å²) in [5, 5.41) is 28.2. The van der Waals surface area contributed by atoms with E-state index in [0.29, 0.717) is 51.9 Å². The van der Waals surface area contributed by atoms with Gasteiger partial charge in [-0.15, -0.1) is 0 Å². The molecule has 1 spiro atoms. The van der Waals surface area contributed by atoms with Gasteiger partial charge in [0.15, 0.2) is 0 Å². The number of piperazine rings is 1. The fourth-order valence-electron chi connectivity index (χ4n) is 7.61. The van der Waals surface area contributed by atoms with E-state index in [1.807, 2.05) is 23.4 Å². The number of hydrogen-bond acceptors (Lipinski definition) is 8. The third-order valence-electron chi connectivity index (χ3n) is 10.6. The van der Waals surface area contributed by atoms with Crippen molar-refractivity contribution in [1.29, 1.82) is 0 Å². The van der Waals surface area contributed by atoms with E-state index in [1.54, 1.807) is 24.3 Å². The topological polar surface area (TPSA) is 148 Å². The van der Waals surface area contributed by atoms with Crippen molar-refractivity contribution in [3.05, 3.63) is 41.2 Å². The third kappa shape index (κ3) is 7.15. The molecule has 2 aliphatic heterocycles. The number of hydrogen-bond donors (Lipinski definition) is 3. The van der Waals surface area contributed by atoms with Crippen molar-refractivity contribution in [2.75, 3.05) is 39.8 Å². The largest absolute Gasteiger partial charge is 0.395 e. The minimum absolute atomic E-state index is 0.0190. The van der Waals surface area contributed by atoms with Gasteiger partial charge in [0, 0.05) is 57.4 Å². The van der Waals surface area contributed by atoms with Crippen LogP contribution < -0.4 is 5.32 Å². The van der Waals surface area contributed by atoms with Gasteiger partial charge in [0.1, 0.15) is 11.6 Å². The molecule has 260 valence electrons. The van der Waals surface area contributed by atoms with Gasteiger partial charge >= 0.3 is 0 Å². The number of benzene rings is 1. The molecule has 5 rings (SSSR count). The smallest absolute Gasteiger partial charge is 0.246 e. The molecule has 1 atom stereocenters. The summed E-state index contributed by atoms with van der Waals surface area (Å²) in [5.74, 6) is -0.150. The third-order valence-corrected chi connectivity index (χ3v) is 12.5. The SMILES string of the molecule is CCCCN1C(=O)[C@@H](CC2(O)CCCCC2)NC(=O)C12CCN(Cc1c(C)nn(-c3ccc(S(=O)(=O)N(C)CCO)cc3)c1C)CC2. The Morgan fingerprint density at radius 1 is 1.04 bits per heavy atom. The lowest BCUT2D eigenvalue weighted by Crippen LogP contribution is -2.73. The second-order valence-electron chi connectivity index (χ2n) is 13.8. The summed E-state index contributed by atoms with van der Waals surface area (Å²) in [4.78, 5) is 32.1. The Labute approximate surface area is 279 Å². The van der Waals surface area contributed by atoms with Crippen LogP contribution in [0.3, 0.4) is 0 Å². The van der Waals surface area contributed by atoms with E-state index in [1.165, 1.54) is 7.05 Å². The highest BCUT2D eigenvalue weighted by Gasteiger charge is 2.54. The Bertz CT molecular complexity index is 1530. The lowest BCUT2D eigenvalue weighted by atomic mass is 9.77. The van der Waals surface area contributed by atoms with E-state index in [0.717, 1.165) is 59.0 Å². The van der Waals surface area contributed by atoms with Crippen molar-refractivity contribution in [3.63, 3.8) is 0 Å². The molecule has 0 unspecified atom stereocenters. The van der Waals surface area contributed by atoms with Crippen molar-refractivity contribution in [3.8, 4) is 5.69 Å². The summed E-state index contributed by atoms with van der Waals surface area (Å²) in [5.41, 5.74) is 1.88. The molecule has 1 aliphatic carbocycles. The Hall–Kier alpha value is -2.84. The lowest BCUT2D eigenvalue weighted by molar-refractivity contribution is -0.163. The van der Waals surface area contributed by atoms with Gasteiger partial charge in [0.25, 0.3) is 0 Å². The highest BCUT2D eigenvalue weighted by Crippen LogP contribution is 2.38. The Kier molecular flexibility index (Phi) is 10.8. The number of aryl methyl sites for hydroxylation is 1. The first-order valence-corrected chi connectivity index (χ1v) is 18.6. The fraction of sp³-hybridized carbons (Fsp3) is 0.676. The first kappa shape index (κ1) is 35.5. The molecule has 1 aromatic carbocycles. The number of aliphatic hydroxyl groups is 2. The molecule has 2 aromatic rings. The van der Waals surface area contributed by atoms with Gasteiger partial charge in [-0.3, -0.25) is 14.5 Å². The molecule has 3 aliphatic rings. The van der Waals surface area contributed by atoms with Crippen molar-refractivity contribution in [1.82, 2.24) is 29.2 Å². The summed E-state index contributed by atoms with van der Waals surface area (Å²) in [6.07, 6.45) is 7.45. The quantitative estimate of drug-likeness (QED) is 0.312. The van der Waals surface area contributed by atoms with Gasteiger partial charge in [-0.25, -0.2) is 13.1 Å². The average Bonchev–Trinajstić information content (AvgIpc) is 3.33. The molecular weight excluding hydrogens is 620 g/mol. The molecule has 2 saturated heterocycles. The maximum absolute atomic E-state index is 13.9. The number of likely N-dealkylation sites (N-methyl/N-ethyl adjacent to an activating group) is 1. The van der Waals surface area contributed by atoms with Crippen molar-refractivity contribution >= 4 is 21.8 Å². The zero-order chi connectivity index (χ0) is 34.0. The number of rotatable bonds is 12. The number of aliphatic hydroxyl groups excluding tert-OH is 1. The number of likely N-dealkylation sites (tertiary alicyclic amines) is 1. The molecule has 3 fully saturated rings. The van der Waals surface area contributed by atoms with Crippen LogP contribution in [0, 0.1) is 13.8 Å². The fourth-order valence-corrected chi connectivity index (χ4v) is 8.77. The number of carbonyl (C=O) groups excluding carboxylic acids is 2. The van der Waals surface area contributed by atoms with Crippen LogP contribution in [-0.2, 0) is 26.2 Å². The highest BCUT2D eigenvalue weighted by molar-refractivity contribution is 7.89. The number of piperidine rings is 1. The molecular formula is C34H52N6O6S. The normalized spacial score (nSPS) is 21.9. The number of unbranched alkanes of at least 4 members (excludes halogenated alkanes) is 1. The van der Waals surface area contributed by atoms with Gasteiger partial charge in [-0.05, 0) is 70.2 Å². The zero-order valence-corrected chi connectivity index (χ0v) is 29.2. The summed E-state index contributed by atoms with van der Waals surface area (Å²) in [6.45, 7) is 8.30. The molecule has 12 nitrogen and oxygen atoms in total. The first-order valence-electron chi connectivity index (χ1n) is 17.1. The summed E-state index contributed by atoms with van der Waals surface area (Å²) in [7, 11) is -2.26. The van der Waals surface area contributed by atoms with E-state index in [9.17, 15) is 23.1 Å².